The number of carbonyl (C=O) groups is 2. The summed E-state index contributed by atoms with van der Waals surface area (Å²) in [5, 5.41) is 3.70. The van der Waals surface area contributed by atoms with Gasteiger partial charge in [-0.15, -0.1) is 0 Å². The molecule has 4 rings (SSSR count). The van der Waals surface area contributed by atoms with Crippen LogP contribution in [0.1, 0.15) is 43.0 Å². The van der Waals surface area contributed by atoms with E-state index < -0.39 is 5.97 Å². The Labute approximate surface area is 193 Å². The maximum absolute atomic E-state index is 12.6. The summed E-state index contributed by atoms with van der Waals surface area (Å²) in [6.45, 7) is 3.81. The largest absolute Gasteiger partial charge is 0.481 e. The Morgan fingerprint density at radius 3 is 2.55 bits per heavy atom. The van der Waals surface area contributed by atoms with Crippen LogP contribution in [0.4, 0.5) is 11.5 Å². The van der Waals surface area contributed by atoms with Crippen molar-refractivity contribution in [1.82, 2.24) is 4.98 Å². The van der Waals surface area contributed by atoms with Crippen LogP contribution in [0.15, 0.2) is 54.6 Å². The van der Waals surface area contributed by atoms with Crippen molar-refractivity contribution in [2.45, 2.75) is 32.6 Å². The fraction of sp³-hybridized carbons (Fsp3) is 0.346. The molecule has 7 nitrogen and oxygen atoms in total. The van der Waals surface area contributed by atoms with Gasteiger partial charge in [-0.1, -0.05) is 37.1 Å². The molecule has 0 saturated carbocycles. The molecule has 3 aromatic rings. The summed E-state index contributed by atoms with van der Waals surface area (Å²) < 4.78 is 10.9. The number of nitrogens with zero attached hydrogens (tertiary/aromatic N) is 2. The fourth-order valence-corrected chi connectivity index (χ4v) is 4.01. The molecule has 0 atom stereocenters. The number of rotatable bonds is 7. The minimum Gasteiger partial charge on any atom is -0.481 e. The molecule has 7 heteroatoms. The van der Waals surface area contributed by atoms with E-state index in [2.05, 4.69) is 16.3 Å². The van der Waals surface area contributed by atoms with Crippen LogP contribution in [0.2, 0.25) is 0 Å². The van der Waals surface area contributed by atoms with Crippen molar-refractivity contribution in [3.63, 3.8) is 0 Å². The molecule has 0 unspecified atom stereocenters. The van der Waals surface area contributed by atoms with Crippen molar-refractivity contribution >= 4 is 34.3 Å². The number of hydrogen-bond donors (Lipinski definition) is 1. The maximum Gasteiger partial charge on any atom is 0.340 e. The van der Waals surface area contributed by atoms with Gasteiger partial charge < -0.3 is 19.7 Å². The van der Waals surface area contributed by atoms with Gasteiger partial charge >= 0.3 is 5.97 Å². The molecule has 0 spiro atoms. The average molecular weight is 448 g/mol. The number of nitrogens with one attached hydrogen (secondary N) is 1. The Kier molecular flexibility index (Phi) is 7.40. The van der Waals surface area contributed by atoms with Gasteiger partial charge in [0.25, 0.3) is 5.91 Å². The Balaban J connectivity index is 1.47. The molecular weight excluding hydrogens is 418 g/mol. The first-order chi connectivity index (χ1) is 16.2. The van der Waals surface area contributed by atoms with Crippen molar-refractivity contribution in [2.75, 3.05) is 36.5 Å². The second-order valence-corrected chi connectivity index (χ2v) is 8.00. The molecule has 1 fully saturated rings. The number of hydrogen-bond acceptors (Lipinski definition) is 6. The van der Waals surface area contributed by atoms with E-state index in [9.17, 15) is 9.59 Å². The molecule has 1 saturated heterocycles. The molecule has 33 heavy (non-hydrogen) atoms. The van der Waals surface area contributed by atoms with Gasteiger partial charge in [0.2, 0.25) is 0 Å². The third-order valence-corrected chi connectivity index (χ3v) is 5.65. The molecule has 1 amide bonds. The standard InChI is InChI=1S/C26H29N3O4/c1-2-32-26(31)20-11-5-6-12-21(20)27-24(30)18-33-22-13-9-10-19-14-15-23(28-25(19)22)29-16-7-3-4-8-17-29/h5-6,9-15H,2-4,7-8,16-18H2,1H3,(H,27,30). The second kappa shape index (κ2) is 10.8. The molecule has 1 aliphatic rings. The molecule has 2 aromatic carbocycles. The number of aromatic nitrogens is 1. The molecule has 172 valence electrons. The summed E-state index contributed by atoms with van der Waals surface area (Å²) in [6, 6.07) is 16.5. The first kappa shape index (κ1) is 22.6. The maximum atomic E-state index is 12.6. The third-order valence-electron chi connectivity index (χ3n) is 5.65. The number of fused-ring (bicyclic) bond motifs is 1. The van der Waals surface area contributed by atoms with Crippen LogP contribution in [-0.4, -0.2) is 43.2 Å². The molecule has 1 aliphatic heterocycles. The topological polar surface area (TPSA) is 80.8 Å². The number of benzene rings is 2. The predicted octanol–water partition coefficient (Wildman–Crippen LogP) is 4.81. The lowest BCUT2D eigenvalue weighted by Gasteiger charge is -2.22. The second-order valence-electron chi connectivity index (χ2n) is 8.00. The minimum atomic E-state index is -0.478. The highest BCUT2D eigenvalue weighted by molar-refractivity contribution is 6.01. The number of ether oxygens (including phenoxy) is 2. The van der Waals surface area contributed by atoms with Gasteiger partial charge in [-0.2, -0.15) is 0 Å². The zero-order chi connectivity index (χ0) is 23.0. The van der Waals surface area contributed by atoms with Crippen LogP contribution in [0.25, 0.3) is 10.9 Å². The van der Waals surface area contributed by atoms with Gasteiger partial charge in [0.15, 0.2) is 6.61 Å². The number of anilines is 2. The van der Waals surface area contributed by atoms with E-state index in [-0.39, 0.29) is 19.1 Å². The summed E-state index contributed by atoms with van der Waals surface area (Å²) in [4.78, 5) is 31.9. The summed E-state index contributed by atoms with van der Waals surface area (Å²) in [6.07, 6.45) is 4.86. The smallest absolute Gasteiger partial charge is 0.340 e. The van der Waals surface area contributed by atoms with Crippen LogP contribution < -0.4 is 15.0 Å². The average Bonchev–Trinajstić information content (AvgIpc) is 3.12. The van der Waals surface area contributed by atoms with E-state index >= 15 is 0 Å². The Bertz CT molecular complexity index is 1120. The fourth-order valence-electron chi connectivity index (χ4n) is 4.01. The Hall–Kier alpha value is -3.61. The van der Waals surface area contributed by atoms with Crippen molar-refractivity contribution < 1.29 is 19.1 Å². The Morgan fingerprint density at radius 1 is 0.970 bits per heavy atom. The number of pyridine rings is 1. The monoisotopic (exact) mass is 447 g/mol. The lowest BCUT2D eigenvalue weighted by atomic mass is 10.2. The van der Waals surface area contributed by atoms with E-state index in [1.54, 1.807) is 31.2 Å². The quantitative estimate of drug-likeness (QED) is 0.524. The van der Waals surface area contributed by atoms with Crippen LogP contribution in [-0.2, 0) is 9.53 Å². The molecule has 2 heterocycles. The SMILES string of the molecule is CCOC(=O)c1ccccc1NC(=O)COc1cccc2ccc(N3CCCCCC3)nc12. The van der Waals surface area contributed by atoms with E-state index in [4.69, 9.17) is 14.5 Å². The van der Waals surface area contributed by atoms with Crippen LogP contribution in [0.3, 0.4) is 0 Å². The number of esters is 1. The number of carbonyl (C=O) groups excluding carboxylic acids is 2. The molecule has 0 aliphatic carbocycles. The lowest BCUT2D eigenvalue weighted by Crippen LogP contribution is -2.25. The summed E-state index contributed by atoms with van der Waals surface area (Å²) >= 11 is 0. The summed E-state index contributed by atoms with van der Waals surface area (Å²) in [7, 11) is 0. The zero-order valence-corrected chi connectivity index (χ0v) is 18.9. The molecular formula is C26H29N3O4. The van der Waals surface area contributed by atoms with E-state index in [1.807, 2.05) is 24.3 Å². The summed E-state index contributed by atoms with van der Waals surface area (Å²) in [5.74, 6) is 0.646. The first-order valence-electron chi connectivity index (χ1n) is 11.5. The van der Waals surface area contributed by atoms with Crippen molar-refractivity contribution in [3.05, 3.63) is 60.2 Å². The number of para-hydroxylation sites is 2. The van der Waals surface area contributed by atoms with Gasteiger partial charge in [-0.25, -0.2) is 9.78 Å². The van der Waals surface area contributed by atoms with Gasteiger partial charge in [0, 0.05) is 18.5 Å². The molecule has 0 radical (unpaired) electrons. The highest BCUT2D eigenvalue weighted by atomic mass is 16.5. The van der Waals surface area contributed by atoms with Crippen LogP contribution in [0, 0.1) is 0 Å². The zero-order valence-electron chi connectivity index (χ0n) is 18.9. The van der Waals surface area contributed by atoms with Gasteiger partial charge in [-0.05, 0) is 50.1 Å². The lowest BCUT2D eigenvalue weighted by molar-refractivity contribution is -0.118. The number of amides is 1. The predicted molar refractivity (Wildman–Crippen MR) is 129 cm³/mol. The first-order valence-corrected chi connectivity index (χ1v) is 11.5. The van der Waals surface area contributed by atoms with Crippen LogP contribution >= 0.6 is 0 Å². The molecule has 1 aromatic heterocycles. The summed E-state index contributed by atoms with van der Waals surface area (Å²) in [5.41, 5.74) is 1.43. The van der Waals surface area contributed by atoms with Crippen LogP contribution in [0.5, 0.6) is 5.75 Å². The Morgan fingerprint density at radius 2 is 1.76 bits per heavy atom. The van der Waals surface area contributed by atoms with E-state index in [1.165, 1.54) is 25.7 Å². The third kappa shape index (κ3) is 5.61. The van der Waals surface area contributed by atoms with Gasteiger partial charge in [0.05, 0.1) is 17.9 Å². The molecule has 1 N–H and O–H groups in total. The van der Waals surface area contributed by atoms with Crippen molar-refractivity contribution in [2.24, 2.45) is 0 Å². The molecule has 0 bridgehead atoms. The van der Waals surface area contributed by atoms with Gasteiger partial charge in [-0.3, -0.25) is 4.79 Å². The normalized spacial score (nSPS) is 13.9. The highest BCUT2D eigenvalue weighted by Gasteiger charge is 2.16. The van der Waals surface area contributed by atoms with E-state index in [0.29, 0.717) is 17.0 Å². The minimum absolute atomic E-state index is 0.202. The van der Waals surface area contributed by atoms with E-state index in [0.717, 1.165) is 29.8 Å². The highest BCUT2D eigenvalue weighted by Crippen LogP contribution is 2.27. The van der Waals surface area contributed by atoms with Crippen molar-refractivity contribution in [3.8, 4) is 5.75 Å². The van der Waals surface area contributed by atoms with Crippen molar-refractivity contribution in [1.29, 1.82) is 0 Å². The van der Waals surface area contributed by atoms with Gasteiger partial charge in [0.1, 0.15) is 17.1 Å².